The molecular weight excluding hydrogens is 636 g/mol. The van der Waals surface area contributed by atoms with Crippen molar-refractivity contribution in [3.05, 3.63) is 156 Å². The van der Waals surface area contributed by atoms with Crippen molar-refractivity contribution in [3.63, 3.8) is 0 Å². The number of aryl methyl sites for hydroxylation is 2. The van der Waals surface area contributed by atoms with Crippen LogP contribution in [0.1, 0.15) is 36.1 Å². The van der Waals surface area contributed by atoms with Gasteiger partial charge in [-0.3, -0.25) is 0 Å². The molecule has 0 saturated carbocycles. The van der Waals surface area contributed by atoms with E-state index in [-0.39, 0.29) is 6.79 Å². The Balaban J connectivity index is 1.28. The van der Waals surface area contributed by atoms with Gasteiger partial charge in [0.1, 0.15) is 23.0 Å². The predicted molar refractivity (Wildman–Crippen MR) is 203 cm³/mol. The van der Waals surface area contributed by atoms with Crippen LogP contribution in [0.15, 0.2) is 133 Å². The number of benzene rings is 6. The summed E-state index contributed by atoms with van der Waals surface area (Å²) in [4.78, 5) is 23.9. The number of hydrogen-bond donors (Lipinski definition) is 0. The number of hydrogen-bond acceptors (Lipinski definition) is 6. The molecule has 0 spiro atoms. The fourth-order valence-electron chi connectivity index (χ4n) is 6.23. The summed E-state index contributed by atoms with van der Waals surface area (Å²) in [6.45, 7) is 10.6. The highest BCUT2D eigenvalue weighted by Crippen LogP contribution is 2.50. The zero-order chi connectivity index (χ0) is 35.5. The highest BCUT2D eigenvalue weighted by atomic mass is 16.7. The van der Waals surface area contributed by atoms with Crippen LogP contribution in [0.3, 0.4) is 0 Å². The molecule has 6 nitrogen and oxygen atoms in total. The molecule has 0 aliphatic carbocycles. The molecule has 1 aliphatic heterocycles. The molecule has 0 unspecified atom stereocenters. The average Bonchev–Trinajstić information content (AvgIpc) is 3.35. The molecule has 0 atom stereocenters. The van der Waals surface area contributed by atoms with Crippen molar-refractivity contribution in [3.8, 4) is 34.1 Å². The molecule has 7 rings (SSSR count). The Hall–Kier alpha value is -6.40. The summed E-state index contributed by atoms with van der Waals surface area (Å²) in [6.07, 6.45) is 5.55. The second kappa shape index (κ2) is 14.2. The van der Waals surface area contributed by atoms with E-state index < -0.39 is 11.9 Å². The van der Waals surface area contributed by atoms with Gasteiger partial charge in [-0.2, -0.15) is 0 Å². The summed E-state index contributed by atoms with van der Waals surface area (Å²) in [6, 6.07) is 36.0. The molecule has 6 aromatic carbocycles. The standard InChI is InChI=1S/C45H36O6/c1-28(2)44(46)50-36-21-15-30(16-22-36)13-19-34-25-32-9-5-7-11-38(32)40-41-39-12-8-6-10-33(39)26-35(43(41)49-27-48-42(34)40)20-14-31-17-23-37(24-18-31)51-45(47)29(3)4/h5-13,15-19,21-26H,1,3,14,20,27H2,2,4H3/b19-13+. The lowest BCUT2D eigenvalue weighted by molar-refractivity contribution is -0.130. The fourth-order valence-corrected chi connectivity index (χ4v) is 6.23. The maximum atomic E-state index is 12.0. The molecule has 1 aliphatic rings. The van der Waals surface area contributed by atoms with Gasteiger partial charge in [0, 0.05) is 27.8 Å². The zero-order valence-electron chi connectivity index (χ0n) is 28.5. The highest BCUT2D eigenvalue weighted by Gasteiger charge is 2.26. The third kappa shape index (κ3) is 7.03. The van der Waals surface area contributed by atoms with E-state index in [1.807, 2.05) is 48.5 Å². The van der Waals surface area contributed by atoms with E-state index >= 15 is 0 Å². The van der Waals surface area contributed by atoms with Crippen LogP contribution < -0.4 is 18.9 Å². The van der Waals surface area contributed by atoms with E-state index in [1.54, 1.807) is 26.0 Å². The SMILES string of the molecule is C=C(C)C(=O)Oc1ccc(/C=C/c2cc3ccccc3c3c2OCOc2c(CCc4ccc(OC(=O)C(=C)C)cc4)cc4ccccc4c2-3)cc1. The van der Waals surface area contributed by atoms with Gasteiger partial charge in [-0.15, -0.1) is 0 Å². The summed E-state index contributed by atoms with van der Waals surface area (Å²) in [7, 11) is 0. The minimum Gasteiger partial charge on any atom is -0.457 e. The summed E-state index contributed by atoms with van der Waals surface area (Å²) < 4.78 is 23.7. The summed E-state index contributed by atoms with van der Waals surface area (Å²) in [5, 5.41) is 4.35. The summed E-state index contributed by atoms with van der Waals surface area (Å²) >= 11 is 0. The Kier molecular flexibility index (Phi) is 9.23. The Bertz CT molecular complexity index is 2360. The van der Waals surface area contributed by atoms with Gasteiger partial charge in [0.05, 0.1) is 0 Å². The molecule has 0 saturated heterocycles. The third-order valence-electron chi connectivity index (χ3n) is 8.83. The van der Waals surface area contributed by atoms with Crippen LogP contribution >= 0.6 is 0 Å². The van der Waals surface area contributed by atoms with Gasteiger partial charge < -0.3 is 18.9 Å². The molecule has 0 N–H and O–H groups in total. The van der Waals surface area contributed by atoms with E-state index in [0.29, 0.717) is 22.6 Å². The van der Waals surface area contributed by atoms with Crippen molar-refractivity contribution in [1.82, 2.24) is 0 Å². The van der Waals surface area contributed by atoms with Crippen molar-refractivity contribution in [2.24, 2.45) is 0 Å². The molecule has 0 amide bonds. The molecule has 252 valence electrons. The minimum absolute atomic E-state index is 0.0517. The van der Waals surface area contributed by atoms with Crippen LogP contribution in [0.2, 0.25) is 0 Å². The molecule has 0 radical (unpaired) electrons. The smallest absolute Gasteiger partial charge is 0.338 e. The predicted octanol–water partition coefficient (Wildman–Crippen LogP) is 10.3. The van der Waals surface area contributed by atoms with Crippen LogP contribution in [0, 0.1) is 0 Å². The molecule has 0 bridgehead atoms. The third-order valence-corrected chi connectivity index (χ3v) is 8.83. The van der Waals surface area contributed by atoms with Crippen LogP contribution in [-0.4, -0.2) is 18.7 Å². The van der Waals surface area contributed by atoms with E-state index in [2.05, 4.69) is 73.8 Å². The quantitative estimate of drug-likeness (QED) is 0.0659. The molecular formula is C45H36O6. The summed E-state index contributed by atoms with van der Waals surface area (Å²) in [5.41, 5.74) is 6.74. The van der Waals surface area contributed by atoms with Crippen LogP contribution in [0.4, 0.5) is 0 Å². The molecule has 1 heterocycles. The Labute approximate surface area is 296 Å². The molecule has 51 heavy (non-hydrogen) atoms. The number of rotatable bonds is 9. The second-order valence-corrected chi connectivity index (χ2v) is 12.6. The first-order valence-electron chi connectivity index (χ1n) is 16.7. The molecule has 0 aromatic heterocycles. The van der Waals surface area contributed by atoms with Crippen molar-refractivity contribution in [2.45, 2.75) is 26.7 Å². The Morgan fingerprint density at radius 1 is 0.647 bits per heavy atom. The first kappa shape index (κ1) is 33.1. The van der Waals surface area contributed by atoms with Crippen LogP contribution in [-0.2, 0) is 22.4 Å². The average molecular weight is 673 g/mol. The maximum Gasteiger partial charge on any atom is 0.338 e. The zero-order valence-corrected chi connectivity index (χ0v) is 28.5. The van der Waals surface area contributed by atoms with E-state index in [0.717, 1.165) is 79.3 Å². The normalized spacial score (nSPS) is 12.0. The summed E-state index contributed by atoms with van der Waals surface area (Å²) in [5.74, 6) is 1.61. The topological polar surface area (TPSA) is 71.1 Å². The number of carbonyl (C=O) groups excluding carboxylic acids is 2. The van der Waals surface area contributed by atoms with Crippen LogP contribution in [0.5, 0.6) is 23.0 Å². The van der Waals surface area contributed by atoms with Gasteiger partial charge in [-0.1, -0.05) is 98.1 Å². The second-order valence-electron chi connectivity index (χ2n) is 12.6. The molecule has 6 aromatic rings. The van der Waals surface area contributed by atoms with Gasteiger partial charge in [-0.05, 0) is 101 Å². The van der Waals surface area contributed by atoms with Crippen molar-refractivity contribution < 1.29 is 28.5 Å². The number of fused-ring (bicyclic) bond motifs is 7. The van der Waals surface area contributed by atoms with E-state index in [1.165, 1.54) is 0 Å². The number of esters is 2. The first-order valence-corrected chi connectivity index (χ1v) is 16.7. The first-order chi connectivity index (χ1) is 24.7. The largest absolute Gasteiger partial charge is 0.457 e. The Morgan fingerprint density at radius 2 is 1.18 bits per heavy atom. The lowest BCUT2D eigenvalue weighted by Gasteiger charge is -2.18. The fraction of sp³-hybridized carbons (Fsp3) is 0.111. The van der Waals surface area contributed by atoms with Crippen molar-refractivity contribution in [1.29, 1.82) is 0 Å². The van der Waals surface area contributed by atoms with Gasteiger partial charge >= 0.3 is 11.9 Å². The Morgan fingerprint density at radius 3 is 1.78 bits per heavy atom. The highest BCUT2D eigenvalue weighted by molar-refractivity contribution is 6.12. The number of carbonyl (C=O) groups is 2. The lowest BCUT2D eigenvalue weighted by atomic mass is 9.87. The van der Waals surface area contributed by atoms with E-state index in [4.69, 9.17) is 18.9 Å². The minimum atomic E-state index is -0.454. The van der Waals surface area contributed by atoms with Crippen LogP contribution in [0.25, 0.3) is 44.8 Å². The van der Waals surface area contributed by atoms with Gasteiger partial charge in [-0.25, -0.2) is 9.59 Å². The lowest BCUT2D eigenvalue weighted by Crippen LogP contribution is -2.08. The molecule has 6 heteroatoms. The molecule has 0 fully saturated rings. The van der Waals surface area contributed by atoms with E-state index in [9.17, 15) is 9.59 Å². The van der Waals surface area contributed by atoms with Gasteiger partial charge in [0.15, 0.2) is 0 Å². The van der Waals surface area contributed by atoms with Gasteiger partial charge in [0.25, 0.3) is 0 Å². The van der Waals surface area contributed by atoms with Crippen molar-refractivity contribution >= 4 is 45.6 Å². The maximum absolute atomic E-state index is 12.0. The monoisotopic (exact) mass is 672 g/mol. The van der Waals surface area contributed by atoms with Gasteiger partial charge in [0.2, 0.25) is 6.79 Å². The van der Waals surface area contributed by atoms with Crippen molar-refractivity contribution in [2.75, 3.05) is 6.79 Å². The number of ether oxygens (including phenoxy) is 4.